The average Bonchev–Trinajstić information content (AvgIpc) is 2.35. The van der Waals surface area contributed by atoms with Crippen LogP contribution in [-0.2, 0) is 0 Å². The zero-order chi connectivity index (χ0) is 14.0. The molecule has 0 spiro atoms. The number of amides is 1. The Balaban J connectivity index is 2.34. The van der Waals surface area contributed by atoms with E-state index in [1.165, 1.54) is 12.1 Å². The second-order valence-electron chi connectivity index (χ2n) is 3.96. The van der Waals surface area contributed by atoms with Crippen molar-refractivity contribution in [3.05, 3.63) is 62.8 Å². The lowest BCUT2D eigenvalue weighted by atomic mass is 10.1. The number of anilines is 1. The van der Waals surface area contributed by atoms with Crippen LogP contribution in [0.5, 0.6) is 0 Å². The summed E-state index contributed by atoms with van der Waals surface area (Å²) in [5, 5.41) is 3.20. The Kier molecular flexibility index (Phi) is 4.22. The van der Waals surface area contributed by atoms with Crippen molar-refractivity contribution < 1.29 is 9.18 Å². The van der Waals surface area contributed by atoms with E-state index in [2.05, 4.69) is 21.2 Å². The quantitative estimate of drug-likeness (QED) is 0.834. The Bertz CT molecular complexity index is 625. The number of rotatable bonds is 2. The molecule has 0 saturated heterocycles. The minimum Gasteiger partial charge on any atom is -0.322 e. The van der Waals surface area contributed by atoms with Gasteiger partial charge < -0.3 is 5.32 Å². The Morgan fingerprint density at radius 2 is 1.95 bits per heavy atom. The van der Waals surface area contributed by atoms with Gasteiger partial charge in [0.2, 0.25) is 0 Å². The van der Waals surface area contributed by atoms with Gasteiger partial charge in [0, 0.05) is 15.2 Å². The summed E-state index contributed by atoms with van der Waals surface area (Å²) in [6.07, 6.45) is 0. The first-order valence-electron chi connectivity index (χ1n) is 5.51. The predicted octanol–water partition coefficient (Wildman–Crippen LogP) is 4.80. The molecule has 0 aliphatic heterocycles. The van der Waals surface area contributed by atoms with Gasteiger partial charge >= 0.3 is 0 Å². The summed E-state index contributed by atoms with van der Waals surface area (Å²) in [4.78, 5) is 12.1. The maximum Gasteiger partial charge on any atom is 0.259 e. The molecule has 0 heterocycles. The molecule has 2 aromatic carbocycles. The largest absolute Gasteiger partial charge is 0.322 e. The van der Waals surface area contributed by atoms with Gasteiger partial charge in [-0.1, -0.05) is 23.7 Å². The van der Waals surface area contributed by atoms with Crippen LogP contribution >= 0.6 is 27.5 Å². The Morgan fingerprint density at radius 3 is 2.63 bits per heavy atom. The van der Waals surface area contributed by atoms with Crippen LogP contribution in [0.25, 0.3) is 0 Å². The molecule has 0 aromatic heterocycles. The van der Waals surface area contributed by atoms with Gasteiger partial charge in [0.05, 0.1) is 5.56 Å². The molecular formula is C14H10BrClFNO. The van der Waals surface area contributed by atoms with Crippen molar-refractivity contribution in [1.82, 2.24) is 0 Å². The molecule has 0 atom stereocenters. The number of hydrogen-bond donors (Lipinski definition) is 1. The highest BCUT2D eigenvalue weighted by atomic mass is 79.9. The third-order valence-corrected chi connectivity index (χ3v) is 3.78. The molecule has 0 radical (unpaired) electrons. The zero-order valence-electron chi connectivity index (χ0n) is 10.0. The molecule has 0 aliphatic rings. The topological polar surface area (TPSA) is 29.1 Å². The standard InChI is InChI=1S/C14H10BrClFNO/c1-8-10(16)5-3-7-12(8)18-14(19)13-9(15)4-2-6-11(13)17/h2-7H,1H3,(H,18,19). The SMILES string of the molecule is Cc1c(Cl)cccc1NC(=O)c1c(F)cccc1Br. The number of benzene rings is 2. The van der Waals surface area contributed by atoms with E-state index < -0.39 is 11.7 Å². The molecule has 0 unspecified atom stereocenters. The summed E-state index contributed by atoms with van der Waals surface area (Å²) < 4.78 is 14.1. The second kappa shape index (κ2) is 5.72. The lowest BCUT2D eigenvalue weighted by molar-refractivity contribution is 0.102. The molecule has 19 heavy (non-hydrogen) atoms. The van der Waals surface area contributed by atoms with Crippen molar-refractivity contribution in [3.63, 3.8) is 0 Å². The number of carbonyl (C=O) groups is 1. The van der Waals surface area contributed by atoms with Crippen LogP contribution in [0.2, 0.25) is 5.02 Å². The fourth-order valence-corrected chi connectivity index (χ4v) is 2.34. The van der Waals surface area contributed by atoms with E-state index in [1.807, 2.05) is 0 Å². The summed E-state index contributed by atoms with van der Waals surface area (Å²) in [5.41, 5.74) is 1.28. The minimum atomic E-state index is -0.577. The first-order chi connectivity index (χ1) is 9.00. The summed E-state index contributed by atoms with van der Waals surface area (Å²) in [6.45, 7) is 1.79. The first kappa shape index (κ1) is 14.0. The lowest BCUT2D eigenvalue weighted by Crippen LogP contribution is -2.15. The molecule has 0 saturated carbocycles. The highest BCUT2D eigenvalue weighted by Crippen LogP contribution is 2.25. The van der Waals surface area contributed by atoms with Gasteiger partial charge in [-0.15, -0.1) is 0 Å². The van der Waals surface area contributed by atoms with Crippen LogP contribution in [0.4, 0.5) is 10.1 Å². The second-order valence-corrected chi connectivity index (χ2v) is 5.22. The smallest absolute Gasteiger partial charge is 0.259 e. The molecule has 2 nitrogen and oxygen atoms in total. The van der Waals surface area contributed by atoms with Gasteiger partial charge in [0.25, 0.3) is 5.91 Å². The molecule has 1 N–H and O–H groups in total. The van der Waals surface area contributed by atoms with Gasteiger partial charge in [-0.25, -0.2) is 4.39 Å². The Hall–Kier alpha value is -1.39. The molecule has 0 bridgehead atoms. The van der Waals surface area contributed by atoms with Crippen molar-refractivity contribution in [2.45, 2.75) is 6.92 Å². The number of hydrogen-bond acceptors (Lipinski definition) is 1. The highest BCUT2D eigenvalue weighted by Gasteiger charge is 2.16. The predicted molar refractivity (Wildman–Crippen MR) is 78.2 cm³/mol. The molecule has 1 amide bonds. The molecule has 5 heteroatoms. The fraction of sp³-hybridized carbons (Fsp3) is 0.0714. The van der Waals surface area contributed by atoms with Gasteiger partial charge in [0.15, 0.2) is 0 Å². The van der Waals surface area contributed by atoms with Crippen LogP contribution in [0.1, 0.15) is 15.9 Å². The Morgan fingerprint density at radius 1 is 1.26 bits per heavy atom. The van der Waals surface area contributed by atoms with Crippen LogP contribution < -0.4 is 5.32 Å². The van der Waals surface area contributed by atoms with Crippen LogP contribution in [-0.4, -0.2) is 5.91 Å². The molecule has 0 aliphatic carbocycles. The molecule has 98 valence electrons. The maximum absolute atomic E-state index is 13.7. The van der Waals surface area contributed by atoms with E-state index in [-0.39, 0.29) is 5.56 Å². The van der Waals surface area contributed by atoms with Crippen LogP contribution in [0.3, 0.4) is 0 Å². The van der Waals surface area contributed by atoms with Crippen LogP contribution in [0.15, 0.2) is 40.9 Å². The van der Waals surface area contributed by atoms with Crippen molar-refractivity contribution in [2.75, 3.05) is 5.32 Å². The summed E-state index contributed by atoms with van der Waals surface area (Å²) in [5.74, 6) is -1.10. The highest BCUT2D eigenvalue weighted by molar-refractivity contribution is 9.10. The minimum absolute atomic E-state index is 0.0260. The molecular weight excluding hydrogens is 333 g/mol. The van der Waals surface area contributed by atoms with Crippen LogP contribution in [0, 0.1) is 12.7 Å². The van der Waals surface area contributed by atoms with E-state index in [4.69, 9.17) is 11.6 Å². The van der Waals surface area contributed by atoms with Crippen molar-refractivity contribution >= 4 is 39.1 Å². The number of carbonyl (C=O) groups excluding carboxylic acids is 1. The summed E-state index contributed by atoms with van der Waals surface area (Å²) in [6, 6.07) is 9.55. The molecule has 2 rings (SSSR count). The normalized spacial score (nSPS) is 10.3. The lowest BCUT2D eigenvalue weighted by Gasteiger charge is -2.11. The number of nitrogens with one attached hydrogen (secondary N) is 1. The van der Waals surface area contributed by atoms with Gasteiger partial charge in [-0.3, -0.25) is 4.79 Å². The van der Waals surface area contributed by atoms with E-state index >= 15 is 0 Å². The third kappa shape index (κ3) is 2.96. The van der Waals surface area contributed by atoms with Gasteiger partial charge in [-0.05, 0) is 52.7 Å². The van der Waals surface area contributed by atoms with E-state index in [1.54, 1.807) is 31.2 Å². The van der Waals surface area contributed by atoms with Crippen molar-refractivity contribution in [2.24, 2.45) is 0 Å². The van der Waals surface area contributed by atoms with E-state index in [0.29, 0.717) is 15.2 Å². The third-order valence-electron chi connectivity index (χ3n) is 2.71. The monoisotopic (exact) mass is 341 g/mol. The molecule has 0 fully saturated rings. The van der Waals surface area contributed by atoms with E-state index in [9.17, 15) is 9.18 Å². The first-order valence-corrected chi connectivity index (χ1v) is 6.68. The zero-order valence-corrected chi connectivity index (χ0v) is 12.3. The molecule has 2 aromatic rings. The maximum atomic E-state index is 13.7. The average molecular weight is 343 g/mol. The van der Waals surface area contributed by atoms with Gasteiger partial charge in [-0.2, -0.15) is 0 Å². The number of halogens is 3. The van der Waals surface area contributed by atoms with E-state index in [0.717, 1.165) is 5.56 Å². The van der Waals surface area contributed by atoms with Crippen molar-refractivity contribution in [1.29, 1.82) is 0 Å². The fourth-order valence-electron chi connectivity index (χ4n) is 1.64. The summed E-state index contributed by atoms with van der Waals surface area (Å²) >= 11 is 9.14. The summed E-state index contributed by atoms with van der Waals surface area (Å²) in [7, 11) is 0. The Labute approximate surface area is 123 Å². The van der Waals surface area contributed by atoms with Crippen molar-refractivity contribution in [3.8, 4) is 0 Å². The van der Waals surface area contributed by atoms with Gasteiger partial charge in [0.1, 0.15) is 5.82 Å².